The number of pyridine rings is 2. The number of allylic oxidation sites excluding steroid dienone is 2. The first-order chi connectivity index (χ1) is 26.4. The van der Waals surface area contributed by atoms with E-state index in [4.69, 9.17) is 9.72 Å². The van der Waals surface area contributed by atoms with Crippen molar-refractivity contribution >= 4 is 29.4 Å². The largest absolute Gasteiger partial charge is 0.461 e. The average molecular weight is 714 g/mol. The van der Waals surface area contributed by atoms with E-state index >= 15 is 0 Å². The minimum Gasteiger partial charge on any atom is -0.461 e. The Kier molecular flexibility index (Phi) is 9.44. The van der Waals surface area contributed by atoms with E-state index in [1.807, 2.05) is 115 Å². The molecular weight excluding hydrogens is 675 g/mol. The van der Waals surface area contributed by atoms with Gasteiger partial charge in [0.1, 0.15) is 6.61 Å². The monoisotopic (exact) mass is 713 g/mol. The predicted octanol–water partition coefficient (Wildman–Crippen LogP) is 6.82. The summed E-state index contributed by atoms with van der Waals surface area (Å²) in [5.74, 6) is -3.90. The molecule has 2 bridgehead atoms. The fraction of sp³-hybridized carbons (Fsp3) is 0.196. The zero-order chi connectivity index (χ0) is 37.2. The number of aryl methyl sites for hydroxylation is 1. The smallest absolute Gasteiger partial charge is 0.330 e. The lowest BCUT2D eigenvalue weighted by Gasteiger charge is -2.36. The number of esters is 1. The maximum absolute atomic E-state index is 14.6. The lowest BCUT2D eigenvalue weighted by Crippen LogP contribution is -2.39. The lowest BCUT2D eigenvalue weighted by atomic mass is 9.71. The van der Waals surface area contributed by atoms with Crippen molar-refractivity contribution < 1.29 is 24.2 Å². The highest BCUT2D eigenvalue weighted by atomic mass is 16.5. The van der Waals surface area contributed by atoms with Crippen LogP contribution in [0.2, 0.25) is 0 Å². The predicted molar refractivity (Wildman–Crippen MR) is 205 cm³/mol. The number of carbonyl (C=O) groups is 3. The first-order valence-electron chi connectivity index (χ1n) is 18.3. The van der Waals surface area contributed by atoms with Crippen LogP contribution in [0.25, 0.3) is 11.6 Å². The van der Waals surface area contributed by atoms with E-state index in [0.717, 1.165) is 28.7 Å². The van der Waals surface area contributed by atoms with Crippen LogP contribution in [0, 0.1) is 23.7 Å². The van der Waals surface area contributed by atoms with Gasteiger partial charge in [0.05, 0.1) is 29.8 Å². The highest BCUT2D eigenvalue weighted by molar-refractivity contribution is 6.08. The van der Waals surface area contributed by atoms with Crippen LogP contribution >= 0.6 is 0 Å². The molecule has 3 heterocycles. The van der Waals surface area contributed by atoms with E-state index in [9.17, 15) is 19.5 Å². The topological polar surface area (TPSA) is 110 Å². The van der Waals surface area contributed by atoms with Gasteiger partial charge in [0.15, 0.2) is 5.60 Å². The van der Waals surface area contributed by atoms with Crippen molar-refractivity contribution in [2.45, 2.75) is 18.9 Å². The van der Waals surface area contributed by atoms with Gasteiger partial charge in [0.25, 0.3) is 0 Å². The molecule has 5 unspecified atom stereocenters. The molecule has 1 saturated carbocycles. The number of nitrogens with zero attached hydrogens (tertiary/aromatic N) is 3. The maximum atomic E-state index is 14.6. The van der Waals surface area contributed by atoms with Crippen LogP contribution < -0.4 is 0 Å². The minimum atomic E-state index is -1.71. The molecule has 8 heteroatoms. The molecule has 8 nitrogen and oxygen atoms in total. The number of carbonyl (C=O) groups excluding carboxylic acids is 3. The van der Waals surface area contributed by atoms with Crippen LogP contribution in [-0.4, -0.2) is 50.9 Å². The van der Waals surface area contributed by atoms with Crippen molar-refractivity contribution in [2.75, 3.05) is 13.2 Å². The third-order valence-corrected chi connectivity index (χ3v) is 10.9. The molecular formula is C46H39N3O5. The summed E-state index contributed by atoms with van der Waals surface area (Å²) >= 11 is 0. The quantitative estimate of drug-likeness (QED) is 0.0693. The molecule has 268 valence electrons. The second kappa shape index (κ2) is 14.6. The molecule has 5 atom stereocenters. The van der Waals surface area contributed by atoms with Gasteiger partial charge in [0.2, 0.25) is 11.8 Å². The molecule has 1 saturated heterocycles. The Labute approximate surface area is 314 Å². The van der Waals surface area contributed by atoms with Crippen molar-refractivity contribution in [1.29, 1.82) is 0 Å². The van der Waals surface area contributed by atoms with Crippen LogP contribution in [-0.2, 0) is 31.1 Å². The number of imide groups is 1. The van der Waals surface area contributed by atoms with Gasteiger partial charge >= 0.3 is 5.97 Å². The summed E-state index contributed by atoms with van der Waals surface area (Å²) in [6, 6.07) is 38.2. The molecule has 1 aliphatic heterocycles. The first kappa shape index (κ1) is 34.8. The van der Waals surface area contributed by atoms with Gasteiger partial charge in [-0.3, -0.25) is 24.5 Å². The zero-order valence-corrected chi connectivity index (χ0v) is 29.8. The molecule has 2 amide bonds. The molecule has 0 spiro atoms. The number of ether oxygens (including phenoxy) is 1. The number of aliphatic hydroxyl groups is 1. The summed E-state index contributed by atoms with van der Waals surface area (Å²) in [6.45, 7) is 1.87. The summed E-state index contributed by atoms with van der Waals surface area (Å²) in [4.78, 5) is 52.2. The highest BCUT2D eigenvalue weighted by Gasteiger charge is 2.66. The van der Waals surface area contributed by atoms with E-state index < -0.39 is 35.2 Å². The van der Waals surface area contributed by atoms with Crippen LogP contribution in [0.3, 0.4) is 0 Å². The molecule has 3 aromatic carbocycles. The molecule has 2 aliphatic carbocycles. The Balaban J connectivity index is 1.17. The molecule has 54 heavy (non-hydrogen) atoms. The first-order valence-corrected chi connectivity index (χ1v) is 18.3. The third-order valence-electron chi connectivity index (χ3n) is 10.9. The van der Waals surface area contributed by atoms with E-state index in [2.05, 4.69) is 11.9 Å². The van der Waals surface area contributed by atoms with E-state index in [-0.39, 0.29) is 25.0 Å². The Morgan fingerprint density at radius 2 is 1.48 bits per heavy atom. The Morgan fingerprint density at radius 1 is 0.815 bits per heavy atom. The van der Waals surface area contributed by atoms with Gasteiger partial charge in [-0.05, 0) is 70.2 Å². The number of hydrogen-bond donors (Lipinski definition) is 1. The standard InChI is InChI=1S/C46H39N3O5/c1-2-30-19-21-31(22-20-30)23-24-38(50)54-28-27-49-44(51)41-34-29-35(46(53,33-15-7-4-8-16-33)37-18-10-12-26-48-37)42(43(41)45(49)52)40(34)39(32-13-5-3-6-14-32)36-17-9-11-25-47-36/h3-26,29,34,41-43,53H,2,27-28H2,1H3. The number of benzene rings is 3. The molecule has 2 fully saturated rings. The molecule has 0 radical (unpaired) electrons. The van der Waals surface area contributed by atoms with Gasteiger partial charge < -0.3 is 9.84 Å². The summed E-state index contributed by atoms with van der Waals surface area (Å²) in [5, 5.41) is 13.1. The fourth-order valence-electron chi connectivity index (χ4n) is 8.45. The molecule has 8 rings (SSSR count). The second-order valence-corrected chi connectivity index (χ2v) is 13.8. The van der Waals surface area contributed by atoms with Crippen molar-refractivity contribution in [2.24, 2.45) is 23.7 Å². The molecule has 1 N–H and O–H groups in total. The second-order valence-electron chi connectivity index (χ2n) is 13.8. The van der Waals surface area contributed by atoms with Gasteiger partial charge in [0, 0.05) is 35.9 Å². The summed E-state index contributed by atoms with van der Waals surface area (Å²) in [5.41, 5.74) is 5.30. The number of amides is 2. The zero-order valence-electron chi connectivity index (χ0n) is 29.8. The van der Waals surface area contributed by atoms with E-state index in [0.29, 0.717) is 22.5 Å². The van der Waals surface area contributed by atoms with Crippen LogP contribution in [0.5, 0.6) is 0 Å². The fourth-order valence-corrected chi connectivity index (χ4v) is 8.45. The molecule has 5 aromatic rings. The van der Waals surface area contributed by atoms with Crippen LogP contribution in [0.1, 0.15) is 40.6 Å². The number of hydrogen-bond acceptors (Lipinski definition) is 7. The Hall–Kier alpha value is -6.25. The van der Waals surface area contributed by atoms with Crippen LogP contribution in [0.4, 0.5) is 0 Å². The number of aromatic nitrogens is 2. The van der Waals surface area contributed by atoms with Gasteiger partial charge in [-0.25, -0.2) is 4.79 Å². The summed E-state index contributed by atoms with van der Waals surface area (Å²) in [7, 11) is 0. The van der Waals surface area contributed by atoms with Crippen molar-refractivity contribution in [3.8, 4) is 0 Å². The number of rotatable bonds is 11. The third kappa shape index (κ3) is 6.08. The number of fused-ring (bicyclic) bond motifs is 5. The van der Waals surface area contributed by atoms with Crippen LogP contribution in [0.15, 0.2) is 157 Å². The average Bonchev–Trinajstić information content (AvgIpc) is 3.84. The summed E-state index contributed by atoms with van der Waals surface area (Å²) < 4.78 is 5.47. The highest BCUT2D eigenvalue weighted by Crippen LogP contribution is 2.64. The minimum absolute atomic E-state index is 0.0712. The molecule has 3 aliphatic rings. The van der Waals surface area contributed by atoms with Gasteiger partial charge in [-0.2, -0.15) is 0 Å². The Bertz CT molecular complexity index is 2190. The maximum Gasteiger partial charge on any atom is 0.330 e. The van der Waals surface area contributed by atoms with Crippen molar-refractivity contribution in [3.63, 3.8) is 0 Å². The normalized spacial score (nSPS) is 22.3. The Morgan fingerprint density at radius 3 is 2.15 bits per heavy atom. The van der Waals surface area contributed by atoms with E-state index in [1.165, 1.54) is 16.5 Å². The van der Waals surface area contributed by atoms with Crippen molar-refractivity contribution in [1.82, 2.24) is 14.9 Å². The SMILES string of the molecule is CCc1ccc(C=CC(=O)OCCN2C(=O)C3C4C=C(C(O)(c5ccccc5)c5ccccn5)C(C4=C(c4ccccc4)c4ccccn4)C3C2=O)cc1. The van der Waals surface area contributed by atoms with Gasteiger partial charge in [-0.15, -0.1) is 0 Å². The number of likely N-dealkylation sites (tertiary alicyclic amines) is 1. The van der Waals surface area contributed by atoms with Crippen molar-refractivity contribution in [3.05, 3.63) is 191 Å². The van der Waals surface area contributed by atoms with E-state index in [1.54, 1.807) is 30.6 Å². The summed E-state index contributed by atoms with van der Waals surface area (Å²) in [6.07, 6.45) is 9.32. The lowest BCUT2D eigenvalue weighted by molar-refractivity contribution is -0.145. The van der Waals surface area contributed by atoms with Gasteiger partial charge in [-0.1, -0.05) is 110 Å². The molecule has 2 aromatic heterocycles.